The van der Waals surface area contributed by atoms with Crippen molar-refractivity contribution in [2.45, 2.75) is 83.8 Å². The van der Waals surface area contributed by atoms with Crippen molar-refractivity contribution in [3.63, 3.8) is 0 Å². The topological polar surface area (TPSA) is 96.1 Å². The minimum atomic E-state index is -5.15. The molecule has 2 aromatic carbocycles. The minimum absolute atomic E-state index is 0.0564. The second kappa shape index (κ2) is 16.5. The summed E-state index contributed by atoms with van der Waals surface area (Å²) in [4.78, 5) is 16.3. The zero-order valence-electron chi connectivity index (χ0n) is 27.0. The first kappa shape index (κ1) is 40.3. The molecule has 8 nitrogen and oxygen atoms in total. The molecule has 1 aliphatic rings. The fourth-order valence-electron chi connectivity index (χ4n) is 5.57. The van der Waals surface area contributed by atoms with Crippen molar-refractivity contribution >= 4 is 18.1 Å². The van der Waals surface area contributed by atoms with Crippen LogP contribution in [0.15, 0.2) is 41.5 Å². The summed E-state index contributed by atoms with van der Waals surface area (Å²) in [6.45, 7) is 7.96. The van der Waals surface area contributed by atoms with Crippen LogP contribution in [0.5, 0.6) is 0 Å². The van der Waals surface area contributed by atoms with Crippen molar-refractivity contribution in [2.75, 3.05) is 31.6 Å². The number of piperidine rings is 1. The number of likely N-dealkylation sites (tertiary alicyclic amines) is 1. The van der Waals surface area contributed by atoms with Crippen LogP contribution in [0, 0.1) is 10.9 Å². The number of ether oxygens (including phenoxy) is 1. The molecule has 1 saturated heterocycles. The second-order valence-corrected chi connectivity index (χ2v) is 10.9. The highest BCUT2D eigenvalue weighted by molar-refractivity contribution is 5.76. The summed E-state index contributed by atoms with van der Waals surface area (Å²) in [5, 5.41) is 10.9. The maximum Gasteiger partial charge on any atom is 0.416 e. The molecule has 2 unspecified atom stereocenters. The second-order valence-electron chi connectivity index (χ2n) is 10.9. The van der Waals surface area contributed by atoms with Crippen LogP contribution in [0.1, 0.15) is 74.5 Å². The Bertz CT molecular complexity index is 1360. The van der Waals surface area contributed by atoms with Crippen LogP contribution >= 0.6 is 0 Å². The van der Waals surface area contributed by atoms with Gasteiger partial charge in [-0.1, -0.05) is 13.8 Å². The molecule has 0 saturated carbocycles. The van der Waals surface area contributed by atoms with Crippen LogP contribution in [0.3, 0.4) is 0 Å². The summed E-state index contributed by atoms with van der Waals surface area (Å²) in [6.07, 6.45) is -15.7. The summed E-state index contributed by atoms with van der Waals surface area (Å²) >= 11 is 0. The van der Waals surface area contributed by atoms with Crippen LogP contribution in [-0.2, 0) is 34.6 Å². The molecule has 268 valence electrons. The van der Waals surface area contributed by atoms with Crippen LogP contribution < -0.4 is 4.90 Å². The van der Waals surface area contributed by atoms with E-state index in [0.29, 0.717) is 50.3 Å². The number of halogens is 9. The Hall–Kier alpha value is -3.89. The Labute approximate surface area is 272 Å². The summed E-state index contributed by atoms with van der Waals surface area (Å²) in [7, 11) is 1.40. The minimum Gasteiger partial charge on any atom is -0.458 e. The number of guanidine groups is 1. The van der Waals surface area contributed by atoms with Crippen LogP contribution in [0.25, 0.3) is 0 Å². The van der Waals surface area contributed by atoms with E-state index in [0.717, 1.165) is 12.1 Å². The van der Waals surface area contributed by atoms with Gasteiger partial charge in [0.25, 0.3) is 6.47 Å². The lowest BCUT2D eigenvalue weighted by Gasteiger charge is -2.40. The number of rotatable bonds is 10. The molecule has 3 rings (SSSR count). The molecule has 0 radical (unpaired) electrons. The van der Waals surface area contributed by atoms with E-state index >= 15 is 0 Å². The van der Waals surface area contributed by atoms with Gasteiger partial charge in [0.1, 0.15) is 6.10 Å². The van der Waals surface area contributed by atoms with Crippen LogP contribution in [-0.4, -0.2) is 61.0 Å². The van der Waals surface area contributed by atoms with Crippen molar-refractivity contribution in [2.24, 2.45) is 5.11 Å². The lowest BCUT2D eigenvalue weighted by molar-refractivity contribution is -0.143. The van der Waals surface area contributed by atoms with Gasteiger partial charge in [0.15, 0.2) is 0 Å². The number of nitrogens with zero attached hydrogens (tertiary/aromatic N) is 4. The summed E-state index contributed by atoms with van der Waals surface area (Å²) in [5.74, 6) is -0.206. The third-order valence-electron chi connectivity index (χ3n) is 8.06. The number of hydrogen-bond donors (Lipinski definition) is 2. The van der Waals surface area contributed by atoms with Crippen molar-refractivity contribution < 1.29 is 49.0 Å². The first-order valence-electron chi connectivity index (χ1n) is 15.1. The quantitative estimate of drug-likeness (QED) is 0.0851. The average molecular weight is 699 g/mol. The van der Waals surface area contributed by atoms with E-state index < -0.39 is 52.9 Å². The lowest BCUT2D eigenvalue weighted by atomic mass is 9.96. The van der Waals surface area contributed by atoms with Crippen molar-refractivity contribution in [3.8, 4) is 0 Å². The van der Waals surface area contributed by atoms with Gasteiger partial charge in [0.05, 0.1) is 16.7 Å². The van der Waals surface area contributed by atoms with Crippen molar-refractivity contribution in [1.29, 1.82) is 10.9 Å². The van der Waals surface area contributed by atoms with Gasteiger partial charge in [-0.3, -0.25) is 15.1 Å². The Kier molecular flexibility index (Phi) is 13.8. The molecule has 17 heteroatoms. The lowest BCUT2D eigenvalue weighted by Crippen LogP contribution is -2.46. The first-order valence-corrected chi connectivity index (χ1v) is 15.1. The van der Waals surface area contributed by atoms with Gasteiger partial charge in [0.2, 0.25) is 5.96 Å². The van der Waals surface area contributed by atoms with Crippen molar-refractivity contribution in [1.82, 2.24) is 9.80 Å². The number of likely N-dealkylation sites (N-methyl/N-ethyl adjacent to an activating group) is 1. The Balaban J connectivity index is 0.00000392. The van der Waals surface area contributed by atoms with Gasteiger partial charge in [-0.2, -0.15) is 39.5 Å². The monoisotopic (exact) mass is 698 g/mol. The van der Waals surface area contributed by atoms with E-state index in [-0.39, 0.29) is 36.6 Å². The predicted octanol–water partition coefficient (Wildman–Crippen LogP) is 8.76. The number of benzene rings is 2. The van der Waals surface area contributed by atoms with Crippen LogP contribution in [0.4, 0.5) is 45.2 Å². The fraction of sp³-hybridized carbons (Fsp3) is 0.548. The first-order chi connectivity index (χ1) is 22.3. The SMILES string of the molecule is CC.CCN(c1ccc(C(F)(F)F)cc1CN(C)C(C)C(OC=O)c1cc(C(F)(F)F)cc(C(F)(F)F)c1)C1CCN(C(=N)N=N)CC1. The standard InChI is InChI=1S/C29H33F9N6O2.C2H6/c1-4-44(23-7-9-43(10-8-23)26(39)41-40)24-6-5-20(27(30,31)32)13-19(24)15-42(3)17(2)25(46-16-45)18-11-21(28(33,34)35)14-22(12-18)29(36,37)38;1-2/h5-6,11-14,16-17,23,25,39-40H,4,7-10,15H2,1-3H3;1-2H3. The molecule has 1 fully saturated rings. The number of carbonyl (C=O) groups is 1. The number of nitrogens with one attached hydrogen (secondary N) is 2. The molecular formula is C31H39F9N6O2. The van der Waals surface area contributed by atoms with E-state index in [2.05, 4.69) is 5.11 Å². The molecule has 0 amide bonds. The molecule has 1 aliphatic heterocycles. The molecule has 2 atom stereocenters. The van der Waals surface area contributed by atoms with Crippen LogP contribution in [0.2, 0.25) is 0 Å². The third-order valence-corrected chi connectivity index (χ3v) is 8.06. The number of carbonyl (C=O) groups excluding carboxylic acids is 1. The summed E-state index contributed by atoms with van der Waals surface area (Å²) in [5.41, 5.74) is 2.89. The van der Waals surface area contributed by atoms with Crippen molar-refractivity contribution in [3.05, 3.63) is 64.2 Å². The Morgan fingerprint density at radius 2 is 1.48 bits per heavy atom. The van der Waals surface area contributed by atoms with Gasteiger partial charge in [-0.25, -0.2) is 5.53 Å². The van der Waals surface area contributed by atoms with Gasteiger partial charge < -0.3 is 14.5 Å². The summed E-state index contributed by atoms with van der Waals surface area (Å²) in [6, 6.07) is 2.76. The normalized spacial score (nSPS) is 15.7. The smallest absolute Gasteiger partial charge is 0.416 e. The summed E-state index contributed by atoms with van der Waals surface area (Å²) < 4.78 is 128. The number of hydrogen-bond acceptors (Lipinski definition) is 6. The van der Waals surface area contributed by atoms with Gasteiger partial charge in [0, 0.05) is 44.0 Å². The van der Waals surface area contributed by atoms with E-state index in [1.807, 2.05) is 18.7 Å². The molecule has 48 heavy (non-hydrogen) atoms. The highest BCUT2D eigenvalue weighted by Gasteiger charge is 2.39. The fourth-order valence-corrected chi connectivity index (χ4v) is 5.57. The molecular weight excluding hydrogens is 659 g/mol. The van der Waals surface area contributed by atoms with Gasteiger partial charge in [-0.15, -0.1) is 5.11 Å². The molecule has 2 N–H and O–H groups in total. The molecule has 0 bridgehead atoms. The Morgan fingerprint density at radius 3 is 1.92 bits per heavy atom. The molecule has 2 aromatic rings. The molecule has 0 spiro atoms. The van der Waals surface area contributed by atoms with Gasteiger partial charge in [-0.05, 0) is 81.3 Å². The van der Waals surface area contributed by atoms with E-state index in [4.69, 9.17) is 15.7 Å². The number of alkyl halides is 9. The zero-order valence-corrected chi connectivity index (χ0v) is 27.0. The molecule has 1 heterocycles. The maximum absolute atomic E-state index is 13.8. The maximum atomic E-state index is 13.8. The van der Waals surface area contributed by atoms with E-state index in [1.54, 1.807) is 11.8 Å². The third kappa shape index (κ3) is 10.1. The Morgan fingerprint density at radius 1 is 0.958 bits per heavy atom. The van der Waals surface area contributed by atoms with E-state index in [9.17, 15) is 44.3 Å². The number of anilines is 1. The highest BCUT2D eigenvalue weighted by atomic mass is 19.4. The highest BCUT2D eigenvalue weighted by Crippen LogP contribution is 2.40. The predicted molar refractivity (Wildman–Crippen MR) is 161 cm³/mol. The molecule has 0 aromatic heterocycles. The largest absolute Gasteiger partial charge is 0.458 e. The van der Waals surface area contributed by atoms with E-state index in [1.165, 1.54) is 24.9 Å². The van der Waals surface area contributed by atoms with Gasteiger partial charge >= 0.3 is 18.5 Å². The molecule has 0 aliphatic carbocycles. The average Bonchev–Trinajstić information content (AvgIpc) is 3.03. The zero-order chi connectivity index (χ0) is 36.6.